The maximum Gasteiger partial charge on any atom is 0.264 e. The third kappa shape index (κ3) is 3.46. The Hall–Kier alpha value is -1.64. The molecule has 8 heteroatoms. The summed E-state index contributed by atoms with van der Waals surface area (Å²) in [6.07, 6.45) is 0.887. The molecule has 2 aromatic carbocycles. The number of carbonyl (C=O) groups is 1. The minimum atomic E-state index is -3.70. The van der Waals surface area contributed by atoms with Crippen molar-refractivity contribution in [2.24, 2.45) is 0 Å². The van der Waals surface area contributed by atoms with E-state index in [1.807, 2.05) is 30.3 Å². The van der Waals surface area contributed by atoms with Gasteiger partial charge in [-0.15, -0.1) is 23.5 Å². The minimum Gasteiger partial charge on any atom is -0.311 e. The first-order valence-corrected chi connectivity index (χ1v) is 12.2. The molecule has 1 amide bonds. The van der Waals surface area contributed by atoms with Gasteiger partial charge in [0.05, 0.1) is 16.3 Å². The van der Waals surface area contributed by atoms with Crippen LogP contribution < -0.4 is 9.21 Å². The smallest absolute Gasteiger partial charge is 0.264 e. The number of rotatable bonds is 2. The molecule has 142 valence electrons. The highest BCUT2D eigenvalue weighted by molar-refractivity contribution is 8.00. The SMILES string of the molecule is CC(=O)N1CCCSc2ccc(S(=O)(=O)N3CCSc4ccccc43)cc21. The van der Waals surface area contributed by atoms with Gasteiger partial charge in [-0.25, -0.2) is 8.42 Å². The zero-order valence-electron chi connectivity index (χ0n) is 14.9. The fraction of sp³-hybridized carbons (Fsp3) is 0.316. The normalized spacial score (nSPS) is 17.1. The summed E-state index contributed by atoms with van der Waals surface area (Å²) in [5, 5.41) is 0. The highest BCUT2D eigenvalue weighted by Crippen LogP contribution is 2.40. The van der Waals surface area contributed by atoms with E-state index in [1.165, 1.54) is 11.2 Å². The van der Waals surface area contributed by atoms with Gasteiger partial charge in [0.1, 0.15) is 0 Å². The highest BCUT2D eigenvalue weighted by Gasteiger charge is 2.31. The van der Waals surface area contributed by atoms with Crippen LogP contribution in [0, 0.1) is 0 Å². The molecular formula is C19H20N2O3S3. The number of amides is 1. The Morgan fingerprint density at radius 2 is 1.70 bits per heavy atom. The second-order valence-electron chi connectivity index (χ2n) is 6.40. The first kappa shape index (κ1) is 18.7. The number of nitrogens with zero attached hydrogens (tertiary/aromatic N) is 2. The quantitative estimate of drug-likeness (QED) is 0.739. The molecule has 2 heterocycles. The number of hydrogen-bond acceptors (Lipinski definition) is 5. The zero-order valence-corrected chi connectivity index (χ0v) is 17.4. The number of fused-ring (bicyclic) bond motifs is 2. The predicted octanol–water partition coefficient (Wildman–Crippen LogP) is 3.84. The summed E-state index contributed by atoms with van der Waals surface area (Å²) < 4.78 is 28.3. The first-order chi connectivity index (χ1) is 13.0. The molecule has 0 saturated carbocycles. The van der Waals surface area contributed by atoms with Gasteiger partial charge in [-0.3, -0.25) is 9.10 Å². The topological polar surface area (TPSA) is 57.7 Å². The maximum atomic E-state index is 13.4. The molecule has 2 aliphatic rings. The summed E-state index contributed by atoms with van der Waals surface area (Å²) in [6.45, 7) is 2.58. The summed E-state index contributed by atoms with van der Waals surface area (Å²) in [4.78, 5) is 15.9. The lowest BCUT2D eigenvalue weighted by Gasteiger charge is -2.30. The largest absolute Gasteiger partial charge is 0.311 e. The fourth-order valence-electron chi connectivity index (χ4n) is 3.36. The van der Waals surface area contributed by atoms with Gasteiger partial charge >= 0.3 is 0 Å². The lowest BCUT2D eigenvalue weighted by Crippen LogP contribution is -2.35. The van der Waals surface area contributed by atoms with E-state index in [2.05, 4.69) is 0 Å². The molecule has 27 heavy (non-hydrogen) atoms. The Labute approximate surface area is 168 Å². The molecule has 0 N–H and O–H groups in total. The second-order valence-corrected chi connectivity index (χ2v) is 10.5. The maximum absolute atomic E-state index is 13.4. The monoisotopic (exact) mass is 420 g/mol. The van der Waals surface area contributed by atoms with Crippen LogP contribution in [0.3, 0.4) is 0 Å². The van der Waals surface area contributed by atoms with Crippen molar-refractivity contribution in [3.05, 3.63) is 42.5 Å². The number of sulfonamides is 1. The van der Waals surface area contributed by atoms with E-state index < -0.39 is 10.0 Å². The van der Waals surface area contributed by atoms with Gasteiger partial charge in [0, 0.05) is 35.6 Å². The van der Waals surface area contributed by atoms with Crippen LogP contribution >= 0.6 is 23.5 Å². The molecule has 0 spiro atoms. The molecule has 0 bridgehead atoms. The van der Waals surface area contributed by atoms with Crippen molar-refractivity contribution in [2.75, 3.05) is 33.8 Å². The highest BCUT2D eigenvalue weighted by atomic mass is 32.2. The van der Waals surface area contributed by atoms with E-state index >= 15 is 0 Å². The second kappa shape index (κ2) is 7.41. The Morgan fingerprint density at radius 1 is 0.963 bits per heavy atom. The Kier molecular flexibility index (Phi) is 5.13. The summed E-state index contributed by atoms with van der Waals surface area (Å²) in [6, 6.07) is 12.7. The molecule has 2 aromatic rings. The Morgan fingerprint density at radius 3 is 2.52 bits per heavy atom. The molecule has 0 aliphatic carbocycles. The summed E-state index contributed by atoms with van der Waals surface area (Å²) >= 11 is 3.34. The van der Waals surface area contributed by atoms with Crippen LogP contribution in [0.1, 0.15) is 13.3 Å². The van der Waals surface area contributed by atoms with Crippen molar-refractivity contribution in [3.63, 3.8) is 0 Å². The van der Waals surface area contributed by atoms with Crippen molar-refractivity contribution in [3.8, 4) is 0 Å². The first-order valence-electron chi connectivity index (χ1n) is 8.78. The number of hydrogen-bond donors (Lipinski definition) is 0. The van der Waals surface area contributed by atoms with Crippen LogP contribution in [-0.4, -0.2) is 38.9 Å². The van der Waals surface area contributed by atoms with E-state index in [0.717, 1.165) is 33.4 Å². The molecule has 4 rings (SSSR count). The van der Waals surface area contributed by atoms with E-state index in [1.54, 1.807) is 40.6 Å². The van der Waals surface area contributed by atoms with Crippen LogP contribution in [-0.2, 0) is 14.8 Å². The molecular weight excluding hydrogens is 400 g/mol. The van der Waals surface area contributed by atoms with Crippen LogP contribution in [0.2, 0.25) is 0 Å². The molecule has 0 aromatic heterocycles. The van der Waals surface area contributed by atoms with Crippen LogP contribution in [0.4, 0.5) is 11.4 Å². The number of carbonyl (C=O) groups excluding carboxylic acids is 1. The summed E-state index contributed by atoms with van der Waals surface area (Å²) in [7, 11) is -3.70. The van der Waals surface area contributed by atoms with Gasteiger partial charge in [-0.1, -0.05) is 12.1 Å². The van der Waals surface area contributed by atoms with Crippen LogP contribution in [0.15, 0.2) is 57.2 Å². The summed E-state index contributed by atoms with van der Waals surface area (Å²) in [5.41, 5.74) is 1.42. The minimum absolute atomic E-state index is 0.0620. The van der Waals surface area contributed by atoms with Crippen molar-refractivity contribution in [2.45, 2.75) is 28.0 Å². The summed E-state index contributed by atoms with van der Waals surface area (Å²) in [5.74, 6) is 1.57. The molecule has 0 radical (unpaired) electrons. The molecule has 0 atom stereocenters. The van der Waals surface area contributed by atoms with E-state index in [0.29, 0.717) is 18.8 Å². The van der Waals surface area contributed by atoms with Crippen molar-refractivity contribution in [1.29, 1.82) is 0 Å². The Balaban J connectivity index is 1.79. The van der Waals surface area contributed by atoms with Gasteiger partial charge in [0.25, 0.3) is 10.0 Å². The lowest BCUT2D eigenvalue weighted by molar-refractivity contribution is -0.116. The zero-order chi connectivity index (χ0) is 19.0. The van der Waals surface area contributed by atoms with Gasteiger partial charge in [-0.05, 0) is 42.5 Å². The Bertz CT molecular complexity index is 991. The van der Waals surface area contributed by atoms with E-state index in [-0.39, 0.29) is 10.8 Å². The average molecular weight is 421 g/mol. The number of para-hydroxylation sites is 1. The molecule has 2 aliphatic heterocycles. The molecule has 0 fully saturated rings. The number of thioether (sulfide) groups is 2. The van der Waals surface area contributed by atoms with Gasteiger partial charge in [0.2, 0.25) is 5.91 Å². The van der Waals surface area contributed by atoms with E-state index in [4.69, 9.17) is 0 Å². The molecule has 0 unspecified atom stereocenters. The number of anilines is 2. The fourth-order valence-corrected chi connectivity index (χ4v) is 7.01. The van der Waals surface area contributed by atoms with Crippen molar-refractivity contribution in [1.82, 2.24) is 0 Å². The average Bonchev–Trinajstić information content (AvgIpc) is 2.89. The standard InChI is InChI=1S/C19H20N2O3S3/c1-14(22)20-9-4-11-25-19-8-7-15(13-17(19)20)27(23,24)21-10-12-26-18-6-3-2-5-16(18)21/h2-3,5-8,13H,4,9-12H2,1H3. The van der Waals surface area contributed by atoms with Gasteiger partial charge in [0.15, 0.2) is 0 Å². The predicted molar refractivity (Wildman–Crippen MR) is 112 cm³/mol. The van der Waals surface area contributed by atoms with E-state index in [9.17, 15) is 13.2 Å². The van der Waals surface area contributed by atoms with Crippen LogP contribution in [0.25, 0.3) is 0 Å². The van der Waals surface area contributed by atoms with Crippen LogP contribution in [0.5, 0.6) is 0 Å². The van der Waals surface area contributed by atoms with Crippen molar-refractivity contribution >= 4 is 50.8 Å². The molecule has 0 saturated heterocycles. The van der Waals surface area contributed by atoms with Gasteiger partial charge < -0.3 is 4.90 Å². The lowest BCUT2D eigenvalue weighted by atomic mass is 10.2. The third-order valence-electron chi connectivity index (χ3n) is 4.66. The van der Waals surface area contributed by atoms with Crippen molar-refractivity contribution < 1.29 is 13.2 Å². The number of benzene rings is 2. The third-order valence-corrected chi connectivity index (χ3v) is 8.66. The molecule has 5 nitrogen and oxygen atoms in total. The van der Waals surface area contributed by atoms with Gasteiger partial charge in [-0.2, -0.15) is 0 Å².